The number of thioether (sulfide) groups is 1. The zero-order valence-corrected chi connectivity index (χ0v) is 21.5. The Hall–Kier alpha value is -3.72. The summed E-state index contributed by atoms with van der Waals surface area (Å²) in [6.07, 6.45) is 3.48. The number of aliphatic carboxylic acids is 2. The minimum absolute atomic E-state index is 0.0527. The van der Waals surface area contributed by atoms with Crippen molar-refractivity contribution in [1.82, 2.24) is 15.2 Å². The number of aromatic nitrogens is 2. The number of carbonyl (C=O) groups excluding carboxylic acids is 3. The minimum Gasteiger partial charge on any atom is -0.549 e. The van der Waals surface area contributed by atoms with Gasteiger partial charge in [0.15, 0.2) is 29.8 Å². The van der Waals surface area contributed by atoms with E-state index in [2.05, 4.69) is 15.5 Å². The molecule has 4 heterocycles. The predicted octanol–water partition coefficient (Wildman–Crippen LogP) is -1.57. The highest BCUT2D eigenvalue weighted by atomic mass is 32.2. The molecule has 0 bridgehead atoms. The Morgan fingerprint density at radius 1 is 1.38 bits per heavy atom. The monoisotopic (exact) mass is 548 g/mol. The first-order valence-corrected chi connectivity index (χ1v) is 13.0. The fraction of sp³-hybridized carbons (Fsp3) is 0.409. The number of anilines is 1. The summed E-state index contributed by atoms with van der Waals surface area (Å²) < 4.78 is 1.72. The first kappa shape index (κ1) is 26.3. The number of amides is 2. The van der Waals surface area contributed by atoms with Crippen LogP contribution in [0.4, 0.5) is 5.13 Å². The third-order valence-corrected chi connectivity index (χ3v) is 8.25. The Balaban J connectivity index is 1.49. The number of oxime groups is 1. The van der Waals surface area contributed by atoms with Crippen LogP contribution < -0.4 is 20.7 Å². The summed E-state index contributed by atoms with van der Waals surface area (Å²) in [5, 5.41) is 28.8. The van der Waals surface area contributed by atoms with Crippen LogP contribution in [0.5, 0.6) is 0 Å². The van der Waals surface area contributed by atoms with Crippen molar-refractivity contribution in [2.24, 2.45) is 10.6 Å². The normalized spacial score (nSPS) is 23.6. The Kier molecular flexibility index (Phi) is 7.10. The van der Waals surface area contributed by atoms with E-state index in [-0.39, 0.29) is 35.4 Å². The van der Waals surface area contributed by atoms with Crippen LogP contribution in [0, 0.1) is 5.41 Å². The number of β-lactam (4-membered cyclic amide) rings is 1. The van der Waals surface area contributed by atoms with E-state index in [1.807, 2.05) is 6.07 Å². The van der Waals surface area contributed by atoms with Gasteiger partial charge in [0, 0.05) is 29.8 Å². The van der Waals surface area contributed by atoms with Gasteiger partial charge in [-0.05, 0) is 13.8 Å². The largest absolute Gasteiger partial charge is 0.549 e. The number of fused-ring (bicyclic) bond motifs is 1. The van der Waals surface area contributed by atoms with E-state index in [9.17, 15) is 29.4 Å². The fourth-order valence-electron chi connectivity index (χ4n) is 3.81. The maximum Gasteiger partial charge on any atom is 0.350 e. The van der Waals surface area contributed by atoms with E-state index in [0.717, 1.165) is 11.3 Å². The lowest BCUT2D eigenvalue weighted by Gasteiger charge is -2.54. The molecule has 37 heavy (non-hydrogen) atoms. The lowest BCUT2D eigenvalue weighted by atomic mass is 9.86. The number of nitrogen functional groups attached to an aromatic ring is 1. The molecule has 2 aliphatic heterocycles. The van der Waals surface area contributed by atoms with Crippen molar-refractivity contribution in [2.75, 3.05) is 18.0 Å². The Morgan fingerprint density at radius 2 is 2.08 bits per heavy atom. The average Bonchev–Trinajstić information content (AvgIpc) is 3.28. The number of thiazole rings is 1. The van der Waals surface area contributed by atoms with Gasteiger partial charge in [0.25, 0.3) is 5.91 Å². The molecular formula is C22H24N6O7S2. The maximum absolute atomic E-state index is 13.1. The van der Waals surface area contributed by atoms with E-state index in [4.69, 9.17) is 10.6 Å². The van der Waals surface area contributed by atoms with Crippen LogP contribution in [0.25, 0.3) is 0 Å². The summed E-state index contributed by atoms with van der Waals surface area (Å²) in [4.78, 5) is 60.1. The molecule has 2 amide bonds. The molecule has 4 N–H and O–H groups in total. The highest BCUT2D eigenvalue weighted by Crippen LogP contribution is 2.42. The van der Waals surface area contributed by atoms with E-state index in [1.54, 1.807) is 29.1 Å². The minimum atomic E-state index is -1.74. The second-order valence-corrected chi connectivity index (χ2v) is 11.1. The molecule has 0 aromatic carbocycles. The van der Waals surface area contributed by atoms with Crippen LogP contribution >= 0.6 is 23.1 Å². The zero-order chi connectivity index (χ0) is 27.0. The van der Waals surface area contributed by atoms with Crippen LogP contribution in [0.15, 0.2) is 41.1 Å². The number of hydrogen-bond acceptors (Lipinski definition) is 11. The van der Waals surface area contributed by atoms with Gasteiger partial charge >= 0.3 is 5.97 Å². The highest BCUT2D eigenvalue weighted by molar-refractivity contribution is 8.00. The number of hydrogen-bond donors (Lipinski definition) is 3. The molecule has 0 aliphatic carbocycles. The van der Waals surface area contributed by atoms with Gasteiger partial charge in [0.1, 0.15) is 17.1 Å². The summed E-state index contributed by atoms with van der Waals surface area (Å²) in [6.45, 7) is 2.56. The van der Waals surface area contributed by atoms with Crippen molar-refractivity contribution < 1.29 is 38.8 Å². The topological polar surface area (TPSA) is 191 Å². The van der Waals surface area contributed by atoms with Crippen molar-refractivity contribution in [1.29, 1.82) is 0 Å². The standard InChI is InChI=1S/C22H24N6O7S2/c1-21(2,18(31)32)35-26-13(12-8-36-20(23)24-12)15(29)25-14-16(30)28-10-22(19(33)34,11-37-17(14)28)9-27-6-4-3-5-7-27/h3-8,14,17H,9-11H2,1-2H3,(H4-,23,24,25,29,31,32,33,34)/t14?,17-,22?/m1/s1. The highest BCUT2D eigenvalue weighted by Gasteiger charge is 2.57. The summed E-state index contributed by atoms with van der Waals surface area (Å²) in [6, 6.07) is 4.41. The van der Waals surface area contributed by atoms with E-state index >= 15 is 0 Å². The molecule has 196 valence electrons. The SMILES string of the molecule is CC(C)(ON=C(C(=O)NC1C(=O)N2CC(C[n+]3ccccc3)(C(=O)[O-])CS[C@H]12)c1csc(N)n1)C(=O)O. The summed E-state index contributed by atoms with van der Waals surface area (Å²) in [5.41, 5.74) is 2.33. The van der Waals surface area contributed by atoms with E-state index < -0.39 is 46.2 Å². The Bertz CT molecular complexity index is 1270. The van der Waals surface area contributed by atoms with Gasteiger partial charge < -0.3 is 35.8 Å². The molecule has 2 unspecified atom stereocenters. The van der Waals surface area contributed by atoms with Crippen molar-refractivity contribution >= 4 is 57.7 Å². The van der Waals surface area contributed by atoms with Crippen LogP contribution in [0.2, 0.25) is 0 Å². The molecule has 3 atom stereocenters. The molecule has 0 radical (unpaired) electrons. The molecular weight excluding hydrogens is 524 g/mol. The summed E-state index contributed by atoms with van der Waals surface area (Å²) in [5.74, 6) is -3.68. The summed E-state index contributed by atoms with van der Waals surface area (Å²) in [7, 11) is 0. The molecule has 2 aromatic heterocycles. The number of nitrogens with two attached hydrogens (primary N) is 1. The first-order chi connectivity index (χ1) is 17.4. The molecule has 15 heteroatoms. The van der Waals surface area contributed by atoms with Gasteiger partial charge in [0.2, 0.25) is 11.5 Å². The quantitative estimate of drug-likeness (QED) is 0.143. The smallest absolute Gasteiger partial charge is 0.350 e. The van der Waals surface area contributed by atoms with Gasteiger partial charge in [-0.25, -0.2) is 14.3 Å². The lowest BCUT2D eigenvalue weighted by molar-refractivity contribution is -0.707. The van der Waals surface area contributed by atoms with Gasteiger partial charge in [-0.2, -0.15) is 0 Å². The van der Waals surface area contributed by atoms with Gasteiger partial charge in [0.05, 0.1) is 11.4 Å². The number of carboxylic acids is 2. The number of rotatable bonds is 9. The lowest BCUT2D eigenvalue weighted by Crippen LogP contribution is -2.75. The van der Waals surface area contributed by atoms with E-state index in [0.29, 0.717) is 0 Å². The van der Waals surface area contributed by atoms with Crippen molar-refractivity contribution in [2.45, 2.75) is 37.4 Å². The fourth-order valence-corrected chi connectivity index (χ4v) is 5.88. The van der Waals surface area contributed by atoms with Crippen molar-refractivity contribution in [3.8, 4) is 0 Å². The second kappa shape index (κ2) is 9.97. The summed E-state index contributed by atoms with van der Waals surface area (Å²) >= 11 is 2.27. The van der Waals surface area contributed by atoms with Crippen LogP contribution in [-0.2, 0) is 30.6 Å². The van der Waals surface area contributed by atoms with Crippen LogP contribution in [0.1, 0.15) is 19.5 Å². The number of nitrogens with one attached hydrogen (secondary N) is 1. The third kappa shape index (κ3) is 5.22. The molecule has 0 spiro atoms. The molecule has 2 saturated heterocycles. The van der Waals surface area contributed by atoms with Gasteiger partial charge in [-0.1, -0.05) is 11.2 Å². The maximum atomic E-state index is 13.1. The molecule has 4 rings (SSSR count). The van der Waals surface area contributed by atoms with Gasteiger partial charge in [-0.15, -0.1) is 23.1 Å². The number of carbonyl (C=O) groups is 4. The second-order valence-electron chi connectivity index (χ2n) is 9.15. The van der Waals surface area contributed by atoms with Crippen molar-refractivity contribution in [3.05, 3.63) is 41.7 Å². The van der Waals surface area contributed by atoms with Crippen molar-refractivity contribution in [3.63, 3.8) is 0 Å². The predicted molar refractivity (Wildman–Crippen MR) is 130 cm³/mol. The Labute approximate surface area is 219 Å². The number of nitrogens with zero attached hydrogens (tertiary/aromatic N) is 4. The molecule has 0 saturated carbocycles. The van der Waals surface area contributed by atoms with E-state index in [1.165, 1.54) is 35.9 Å². The Morgan fingerprint density at radius 3 is 2.68 bits per heavy atom. The first-order valence-electron chi connectivity index (χ1n) is 11.0. The van der Waals surface area contributed by atoms with Crippen LogP contribution in [0.3, 0.4) is 0 Å². The number of carboxylic acid groups (broad SMARTS) is 2. The molecule has 2 fully saturated rings. The number of pyridine rings is 1. The third-order valence-electron chi connectivity index (χ3n) is 5.99. The molecule has 2 aromatic rings. The van der Waals surface area contributed by atoms with Gasteiger partial charge in [-0.3, -0.25) is 9.59 Å². The average molecular weight is 549 g/mol. The van der Waals surface area contributed by atoms with Crippen LogP contribution in [-0.4, -0.2) is 73.8 Å². The molecule has 13 nitrogen and oxygen atoms in total. The zero-order valence-electron chi connectivity index (χ0n) is 19.8. The molecule has 2 aliphatic rings.